The van der Waals surface area contributed by atoms with E-state index in [4.69, 9.17) is 16.7 Å². The third-order valence-corrected chi connectivity index (χ3v) is 2.98. The van der Waals surface area contributed by atoms with Crippen LogP contribution in [0.3, 0.4) is 0 Å². The molecule has 1 aromatic heterocycles. The van der Waals surface area contributed by atoms with Crippen LogP contribution in [0.25, 0.3) is 11.3 Å². The smallest absolute Gasteiger partial charge is 0.356 e. The van der Waals surface area contributed by atoms with Gasteiger partial charge in [-0.15, -0.1) is 0 Å². The van der Waals surface area contributed by atoms with Crippen molar-refractivity contribution in [2.45, 2.75) is 13.3 Å². The third kappa shape index (κ3) is 2.38. The van der Waals surface area contributed by atoms with Gasteiger partial charge >= 0.3 is 5.97 Å². The number of hydrogen-bond donors (Lipinski definition) is 1. The highest BCUT2D eigenvalue weighted by Crippen LogP contribution is 2.25. The molecule has 1 heterocycles. The molecule has 0 aliphatic carbocycles. The number of halogens is 1. The number of hydrogen-bond acceptors (Lipinski definition) is 2. The van der Waals surface area contributed by atoms with Gasteiger partial charge in [-0.3, -0.25) is 4.68 Å². The van der Waals surface area contributed by atoms with Crippen LogP contribution in [-0.2, 0) is 13.5 Å². The molecule has 0 saturated carbocycles. The van der Waals surface area contributed by atoms with Crippen molar-refractivity contribution in [3.05, 3.63) is 40.5 Å². The van der Waals surface area contributed by atoms with E-state index in [1.54, 1.807) is 17.8 Å². The lowest BCUT2D eigenvalue weighted by atomic mass is 10.1. The van der Waals surface area contributed by atoms with Crippen LogP contribution in [-0.4, -0.2) is 20.9 Å². The topological polar surface area (TPSA) is 55.1 Å². The van der Waals surface area contributed by atoms with Gasteiger partial charge in [0.1, 0.15) is 0 Å². The van der Waals surface area contributed by atoms with Crippen molar-refractivity contribution in [2.75, 3.05) is 0 Å². The number of aromatic nitrogens is 2. The fraction of sp³-hybridized carbons (Fsp3) is 0.231. The van der Waals surface area contributed by atoms with Crippen LogP contribution in [0.5, 0.6) is 0 Å². The van der Waals surface area contributed by atoms with E-state index in [0.29, 0.717) is 5.02 Å². The Kier molecular flexibility index (Phi) is 3.39. The fourth-order valence-corrected chi connectivity index (χ4v) is 2.10. The number of carboxylic acids is 1. The van der Waals surface area contributed by atoms with E-state index in [-0.39, 0.29) is 5.69 Å². The number of carboxylic acid groups (broad SMARTS) is 1. The van der Waals surface area contributed by atoms with Crippen LogP contribution in [0, 0.1) is 0 Å². The number of nitrogens with zero attached hydrogens (tertiary/aromatic N) is 2. The minimum absolute atomic E-state index is 0.0329. The van der Waals surface area contributed by atoms with E-state index >= 15 is 0 Å². The van der Waals surface area contributed by atoms with E-state index in [1.165, 1.54) is 0 Å². The lowest BCUT2D eigenvalue weighted by Crippen LogP contribution is -1.99. The molecule has 0 bridgehead atoms. The summed E-state index contributed by atoms with van der Waals surface area (Å²) in [5.41, 5.74) is 2.76. The van der Waals surface area contributed by atoms with Crippen molar-refractivity contribution in [1.29, 1.82) is 0 Å². The summed E-state index contributed by atoms with van der Waals surface area (Å²) < 4.78 is 1.55. The van der Waals surface area contributed by atoms with Gasteiger partial charge < -0.3 is 5.11 Å². The summed E-state index contributed by atoms with van der Waals surface area (Å²) in [6, 6.07) is 7.25. The maximum atomic E-state index is 10.9. The Hall–Kier alpha value is -1.81. The molecule has 4 nitrogen and oxygen atoms in total. The van der Waals surface area contributed by atoms with Crippen LogP contribution >= 0.6 is 11.6 Å². The van der Waals surface area contributed by atoms with Crippen LogP contribution < -0.4 is 0 Å². The Balaban J connectivity index is 2.54. The molecule has 2 rings (SSSR count). The summed E-state index contributed by atoms with van der Waals surface area (Å²) in [4.78, 5) is 10.9. The summed E-state index contributed by atoms with van der Waals surface area (Å²) in [6.07, 6.45) is 0.872. The Labute approximate surface area is 110 Å². The van der Waals surface area contributed by atoms with Crippen molar-refractivity contribution in [2.24, 2.45) is 7.05 Å². The van der Waals surface area contributed by atoms with Gasteiger partial charge in [0.15, 0.2) is 5.69 Å². The Morgan fingerprint density at radius 3 is 2.67 bits per heavy atom. The molecule has 0 amide bonds. The minimum atomic E-state index is -1.03. The first-order valence-electron chi connectivity index (χ1n) is 5.58. The van der Waals surface area contributed by atoms with Gasteiger partial charge in [-0.1, -0.05) is 18.5 Å². The molecule has 0 unspecified atom stereocenters. The summed E-state index contributed by atoms with van der Waals surface area (Å²) in [5, 5.41) is 13.5. The van der Waals surface area contributed by atoms with Gasteiger partial charge in [-0.2, -0.15) is 5.10 Å². The number of benzene rings is 1. The van der Waals surface area contributed by atoms with Crippen molar-refractivity contribution in [1.82, 2.24) is 9.78 Å². The van der Waals surface area contributed by atoms with Gasteiger partial charge in [0.2, 0.25) is 0 Å². The quantitative estimate of drug-likeness (QED) is 0.927. The lowest BCUT2D eigenvalue weighted by Gasteiger charge is -2.05. The molecule has 5 heteroatoms. The van der Waals surface area contributed by atoms with E-state index in [9.17, 15) is 4.79 Å². The van der Waals surface area contributed by atoms with Crippen LogP contribution in [0.1, 0.15) is 23.0 Å². The first-order valence-corrected chi connectivity index (χ1v) is 5.96. The first kappa shape index (κ1) is 12.6. The zero-order chi connectivity index (χ0) is 13.3. The molecule has 0 aliphatic rings. The molecule has 0 aliphatic heterocycles. The second-order valence-electron chi connectivity index (χ2n) is 4.05. The highest BCUT2D eigenvalue weighted by Gasteiger charge is 2.13. The molecule has 1 aromatic carbocycles. The summed E-state index contributed by atoms with van der Waals surface area (Å²) in [6.45, 7) is 2.04. The lowest BCUT2D eigenvalue weighted by molar-refractivity contribution is 0.0689. The van der Waals surface area contributed by atoms with Gasteiger partial charge in [-0.05, 0) is 36.2 Å². The second kappa shape index (κ2) is 4.82. The minimum Gasteiger partial charge on any atom is -0.476 e. The number of rotatable bonds is 3. The van der Waals surface area contributed by atoms with Crippen molar-refractivity contribution in [3.8, 4) is 11.3 Å². The zero-order valence-corrected chi connectivity index (χ0v) is 10.9. The van der Waals surface area contributed by atoms with Crippen LogP contribution in [0.4, 0.5) is 0 Å². The summed E-state index contributed by atoms with van der Waals surface area (Å²) in [5.74, 6) is -1.03. The first-order chi connectivity index (χ1) is 8.51. The highest BCUT2D eigenvalue weighted by molar-refractivity contribution is 6.30. The molecule has 0 atom stereocenters. The summed E-state index contributed by atoms with van der Waals surface area (Å²) >= 11 is 6.05. The Bertz CT molecular complexity index is 605. The average molecular weight is 265 g/mol. The highest BCUT2D eigenvalue weighted by atomic mass is 35.5. The van der Waals surface area contributed by atoms with Gasteiger partial charge in [-0.25, -0.2) is 4.79 Å². The van der Waals surface area contributed by atoms with Crippen molar-refractivity contribution in [3.63, 3.8) is 0 Å². The number of carbonyl (C=O) groups is 1. The molecule has 1 N–H and O–H groups in total. The maximum absolute atomic E-state index is 10.9. The van der Waals surface area contributed by atoms with E-state index in [2.05, 4.69) is 5.10 Å². The molecule has 2 aromatic rings. The molecule has 0 radical (unpaired) electrons. The van der Waals surface area contributed by atoms with Gasteiger partial charge in [0, 0.05) is 17.6 Å². The van der Waals surface area contributed by atoms with E-state index < -0.39 is 5.97 Å². The molecule has 0 spiro atoms. The van der Waals surface area contributed by atoms with Crippen molar-refractivity contribution >= 4 is 17.6 Å². The van der Waals surface area contributed by atoms with E-state index in [1.807, 2.05) is 25.1 Å². The van der Waals surface area contributed by atoms with Crippen LogP contribution in [0.15, 0.2) is 24.3 Å². The van der Waals surface area contributed by atoms with Crippen molar-refractivity contribution < 1.29 is 9.90 Å². The number of aromatic carboxylic acids is 1. The van der Waals surface area contributed by atoms with Crippen LogP contribution in [0.2, 0.25) is 5.02 Å². The molecule has 94 valence electrons. The van der Waals surface area contributed by atoms with Gasteiger partial charge in [0.25, 0.3) is 0 Å². The largest absolute Gasteiger partial charge is 0.476 e. The molecular weight excluding hydrogens is 252 g/mol. The van der Waals surface area contributed by atoms with Gasteiger partial charge in [0.05, 0.1) is 5.69 Å². The molecule has 0 saturated heterocycles. The normalized spacial score (nSPS) is 10.6. The maximum Gasteiger partial charge on any atom is 0.356 e. The predicted molar refractivity (Wildman–Crippen MR) is 70.0 cm³/mol. The summed E-state index contributed by atoms with van der Waals surface area (Å²) in [7, 11) is 1.72. The number of aryl methyl sites for hydroxylation is 2. The SMILES string of the molecule is CCc1cc(Cl)cc(-c2cc(C(=O)O)nn2C)c1. The molecular formula is C13H13ClN2O2. The molecule has 0 fully saturated rings. The predicted octanol–water partition coefficient (Wildman–Crippen LogP) is 3.00. The zero-order valence-electron chi connectivity index (χ0n) is 10.1. The average Bonchev–Trinajstić information content (AvgIpc) is 2.70. The Morgan fingerprint density at radius 2 is 2.11 bits per heavy atom. The monoisotopic (exact) mass is 264 g/mol. The Morgan fingerprint density at radius 1 is 1.39 bits per heavy atom. The fourth-order valence-electron chi connectivity index (χ4n) is 1.84. The molecule has 18 heavy (non-hydrogen) atoms. The van der Waals surface area contributed by atoms with E-state index in [0.717, 1.165) is 23.2 Å². The standard InChI is InChI=1S/C13H13ClN2O2/c1-3-8-4-9(6-10(14)5-8)12-7-11(13(17)18)15-16(12)2/h4-7H,3H2,1-2H3,(H,17,18). The second-order valence-corrected chi connectivity index (χ2v) is 4.48. The third-order valence-electron chi connectivity index (χ3n) is 2.76.